The molecule has 0 saturated heterocycles. The van der Waals surface area contributed by atoms with Gasteiger partial charge in [-0.05, 0) is 12.1 Å². The molecular weight excluding hydrogens is 216 g/mol. The van der Waals surface area contributed by atoms with E-state index in [4.69, 9.17) is 4.74 Å². The maximum Gasteiger partial charge on any atom is 0.318 e. The summed E-state index contributed by atoms with van der Waals surface area (Å²) in [5.41, 5.74) is 2.49. The summed E-state index contributed by atoms with van der Waals surface area (Å²) in [4.78, 5) is 12.6. The molecule has 0 atom stereocenters. The number of benzene rings is 1. The minimum absolute atomic E-state index is 0.343. The van der Waals surface area contributed by atoms with Gasteiger partial charge in [0.15, 0.2) is 5.65 Å². The van der Waals surface area contributed by atoms with E-state index in [1.54, 1.807) is 19.6 Å². The summed E-state index contributed by atoms with van der Waals surface area (Å²) in [5, 5.41) is 0. The number of fused-ring (bicyclic) bond motifs is 1. The minimum Gasteiger partial charge on any atom is -0.467 e. The molecule has 3 rings (SSSR count). The van der Waals surface area contributed by atoms with Crippen LogP contribution in [-0.2, 0) is 0 Å². The number of rotatable bonds is 2. The fourth-order valence-corrected chi connectivity index (χ4v) is 1.67. The maximum atomic E-state index is 5.02. The van der Waals surface area contributed by atoms with Crippen LogP contribution in [0.15, 0.2) is 42.9 Å². The number of para-hydroxylation sites is 1. The van der Waals surface area contributed by atoms with Crippen LogP contribution in [0.25, 0.3) is 16.9 Å². The van der Waals surface area contributed by atoms with Crippen LogP contribution < -0.4 is 4.74 Å². The summed E-state index contributed by atoms with van der Waals surface area (Å²) in [6, 6.07) is 10.2. The fourth-order valence-electron chi connectivity index (χ4n) is 1.67. The van der Waals surface area contributed by atoms with Crippen LogP contribution in [0.4, 0.5) is 0 Å². The Hall–Kier alpha value is -2.43. The molecule has 0 aliphatic rings. The van der Waals surface area contributed by atoms with Crippen molar-refractivity contribution in [2.24, 2.45) is 0 Å². The molecule has 84 valence electrons. The van der Waals surface area contributed by atoms with Gasteiger partial charge in [0.1, 0.15) is 11.8 Å². The predicted molar refractivity (Wildman–Crippen MR) is 63.2 cm³/mol. The molecule has 0 unspecified atom stereocenters. The molecule has 0 radical (unpaired) electrons. The van der Waals surface area contributed by atoms with Gasteiger partial charge in [-0.3, -0.25) is 4.57 Å². The molecular formula is C12H10N4O. The average Bonchev–Trinajstić information content (AvgIpc) is 2.82. The van der Waals surface area contributed by atoms with Gasteiger partial charge in [0, 0.05) is 5.69 Å². The summed E-state index contributed by atoms with van der Waals surface area (Å²) in [6.45, 7) is 0. The molecule has 2 heterocycles. The third-order valence-electron chi connectivity index (χ3n) is 2.49. The Morgan fingerprint density at radius 3 is 2.71 bits per heavy atom. The first-order chi connectivity index (χ1) is 8.38. The lowest BCUT2D eigenvalue weighted by Crippen LogP contribution is -1.96. The SMILES string of the molecule is COc1ncc2ncn(-c3ccccc3)c2n1. The third kappa shape index (κ3) is 1.61. The number of methoxy groups -OCH3 is 1. The van der Waals surface area contributed by atoms with Crippen molar-refractivity contribution in [3.05, 3.63) is 42.9 Å². The number of ether oxygens (including phenoxy) is 1. The summed E-state index contributed by atoms with van der Waals surface area (Å²) in [6.07, 6.45) is 3.38. The first-order valence-electron chi connectivity index (χ1n) is 5.18. The highest BCUT2D eigenvalue weighted by atomic mass is 16.5. The van der Waals surface area contributed by atoms with Crippen molar-refractivity contribution in [2.45, 2.75) is 0 Å². The summed E-state index contributed by atoms with van der Waals surface area (Å²) in [7, 11) is 1.55. The van der Waals surface area contributed by atoms with Crippen molar-refractivity contribution < 1.29 is 4.74 Å². The van der Waals surface area contributed by atoms with Crippen molar-refractivity contribution in [3.8, 4) is 11.7 Å². The number of hydrogen-bond donors (Lipinski definition) is 0. The summed E-state index contributed by atoms with van der Waals surface area (Å²) in [5.74, 6) is 0. The lowest BCUT2D eigenvalue weighted by Gasteiger charge is -2.03. The van der Waals surface area contributed by atoms with E-state index < -0.39 is 0 Å². The van der Waals surface area contributed by atoms with Gasteiger partial charge < -0.3 is 4.74 Å². The molecule has 2 aromatic heterocycles. The second kappa shape index (κ2) is 3.86. The van der Waals surface area contributed by atoms with Crippen molar-refractivity contribution in [2.75, 3.05) is 7.11 Å². The Balaban J connectivity index is 2.23. The molecule has 1 aromatic carbocycles. The van der Waals surface area contributed by atoms with Gasteiger partial charge in [-0.2, -0.15) is 4.98 Å². The predicted octanol–water partition coefficient (Wildman–Crippen LogP) is 1.82. The second-order valence-corrected chi connectivity index (χ2v) is 3.52. The molecule has 0 fully saturated rings. The fraction of sp³-hybridized carbons (Fsp3) is 0.0833. The Kier molecular flexibility index (Phi) is 2.22. The number of nitrogens with zero attached hydrogens (tertiary/aromatic N) is 4. The highest BCUT2D eigenvalue weighted by Crippen LogP contribution is 2.16. The van der Waals surface area contributed by atoms with E-state index in [9.17, 15) is 0 Å². The quantitative estimate of drug-likeness (QED) is 0.668. The molecule has 5 heteroatoms. The third-order valence-corrected chi connectivity index (χ3v) is 2.49. The highest BCUT2D eigenvalue weighted by molar-refractivity contribution is 5.72. The number of imidazole rings is 1. The van der Waals surface area contributed by atoms with Gasteiger partial charge in [0.25, 0.3) is 0 Å². The first-order valence-corrected chi connectivity index (χ1v) is 5.18. The zero-order chi connectivity index (χ0) is 11.7. The molecule has 17 heavy (non-hydrogen) atoms. The van der Waals surface area contributed by atoms with Crippen molar-refractivity contribution in [3.63, 3.8) is 0 Å². The van der Waals surface area contributed by atoms with Gasteiger partial charge in [-0.1, -0.05) is 18.2 Å². The zero-order valence-electron chi connectivity index (χ0n) is 9.24. The van der Waals surface area contributed by atoms with E-state index in [1.807, 2.05) is 34.9 Å². The van der Waals surface area contributed by atoms with E-state index in [0.717, 1.165) is 16.9 Å². The van der Waals surface area contributed by atoms with E-state index in [-0.39, 0.29) is 0 Å². The highest BCUT2D eigenvalue weighted by Gasteiger charge is 2.07. The largest absolute Gasteiger partial charge is 0.467 e. The summed E-state index contributed by atoms with van der Waals surface area (Å²) < 4.78 is 6.92. The van der Waals surface area contributed by atoms with Crippen LogP contribution in [0.3, 0.4) is 0 Å². The van der Waals surface area contributed by atoms with Gasteiger partial charge in [-0.25, -0.2) is 9.97 Å². The van der Waals surface area contributed by atoms with Gasteiger partial charge >= 0.3 is 6.01 Å². The van der Waals surface area contributed by atoms with Gasteiger partial charge in [-0.15, -0.1) is 0 Å². The molecule has 0 N–H and O–H groups in total. The number of aromatic nitrogens is 4. The molecule has 5 nitrogen and oxygen atoms in total. The van der Waals surface area contributed by atoms with E-state index >= 15 is 0 Å². The maximum absolute atomic E-state index is 5.02. The van der Waals surface area contributed by atoms with E-state index in [2.05, 4.69) is 15.0 Å². The number of hydrogen-bond acceptors (Lipinski definition) is 4. The van der Waals surface area contributed by atoms with Crippen LogP contribution in [0.2, 0.25) is 0 Å². The topological polar surface area (TPSA) is 52.8 Å². The summed E-state index contributed by atoms with van der Waals surface area (Å²) >= 11 is 0. The van der Waals surface area contributed by atoms with Crippen LogP contribution in [0.1, 0.15) is 0 Å². The molecule has 0 spiro atoms. The van der Waals surface area contributed by atoms with Crippen LogP contribution >= 0.6 is 0 Å². The van der Waals surface area contributed by atoms with E-state index in [0.29, 0.717) is 6.01 Å². The van der Waals surface area contributed by atoms with Crippen LogP contribution in [-0.4, -0.2) is 26.6 Å². The molecule has 0 amide bonds. The Labute approximate surface area is 97.7 Å². The zero-order valence-corrected chi connectivity index (χ0v) is 9.24. The first kappa shape index (κ1) is 9.77. The smallest absolute Gasteiger partial charge is 0.318 e. The van der Waals surface area contributed by atoms with Gasteiger partial charge in [0.05, 0.1) is 13.3 Å². The Bertz CT molecular complexity index is 648. The lowest BCUT2D eigenvalue weighted by molar-refractivity contribution is 0.381. The lowest BCUT2D eigenvalue weighted by atomic mass is 10.3. The molecule has 0 bridgehead atoms. The second-order valence-electron chi connectivity index (χ2n) is 3.52. The average molecular weight is 226 g/mol. The Morgan fingerprint density at radius 2 is 1.94 bits per heavy atom. The Morgan fingerprint density at radius 1 is 1.12 bits per heavy atom. The van der Waals surface area contributed by atoms with E-state index in [1.165, 1.54) is 0 Å². The molecule has 0 saturated carbocycles. The minimum atomic E-state index is 0.343. The van der Waals surface area contributed by atoms with Crippen molar-refractivity contribution in [1.29, 1.82) is 0 Å². The molecule has 0 aliphatic carbocycles. The molecule has 0 aliphatic heterocycles. The van der Waals surface area contributed by atoms with Crippen molar-refractivity contribution in [1.82, 2.24) is 19.5 Å². The monoisotopic (exact) mass is 226 g/mol. The normalized spacial score (nSPS) is 10.6. The van der Waals surface area contributed by atoms with Crippen molar-refractivity contribution >= 4 is 11.2 Å². The standard InChI is InChI=1S/C12H10N4O/c1-17-12-13-7-10-11(15-12)16(8-14-10)9-5-3-2-4-6-9/h2-8H,1H3. The molecule has 3 aromatic rings. The van der Waals surface area contributed by atoms with Gasteiger partial charge in [0.2, 0.25) is 0 Å². The van der Waals surface area contributed by atoms with Crippen LogP contribution in [0, 0.1) is 0 Å². The van der Waals surface area contributed by atoms with Crippen LogP contribution in [0.5, 0.6) is 6.01 Å².